The quantitative estimate of drug-likeness (QED) is 0.247. The van der Waals surface area contributed by atoms with Gasteiger partial charge in [-0.15, -0.1) is 11.3 Å². The molecule has 94 valence electrons. The average Bonchev–Trinajstić information content (AvgIpc) is 2.71. The van der Waals surface area contributed by atoms with Crippen molar-refractivity contribution in [2.45, 2.75) is 0 Å². The average molecular weight is 266 g/mol. The Bertz CT molecular complexity index is 597. The lowest BCUT2D eigenvalue weighted by Gasteiger charge is -2.02. The number of rotatable bonds is 3. The monoisotopic (exact) mass is 266 g/mol. The molecule has 0 bridgehead atoms. The second kappa shape index (κ2) is 4.80. The van der Waals surface area contributed by atoms with E-state index >= 15 is 0 Å². The molecule has 2 aromatic rings. The fourth-order valence-corrected chi connectivity index (χ4v) is 1.73. The fraction of sp³-hybridized carbons (Fsp3) is 0. The maximum atomic E-state index is 9.49. The number of aromatic hydroxyl groups is 3. The minimum atomic E-state index is -0.398. The van der Waals surface area contributed by atoms with Crippen LogP contribution < -0.4 is 11.2 Å². The van der Waals surface area contributed by atoms with Gasteiger partial charge in [0.05, 0.1) is 6.21 Å². The van der Waals surface area contributed by atoms with Gasteiger partial charge in [0.2, 0.25) is 5.13 Å². The number of nitrogens with one attached hydrogen (secondary N) is 1. The van der Waals surface area contributed by atoms with Crippen LogP contribution in [-0.2, 0) is 0 Å². The van der Waals surface area contributed by atoms with Gasteiger partial charge < -0.3 is 21.1 Å². The highest BCUT2D eigenvalue weighted by Gasteiger charge is 2.05. The van der Waals surface area contributed by atoms with E-state index in [1.165, 1.54) is 23.6 Å². The fourth-order valence-electron chi connectivity index (χ4n) is 1.18. The second-order valence-electron chi connectivity index (χ2n) is 3.35. The van der Waals surface area contributed by atoms with E-state index in [1.807, 2.05) is 0 Å². The summed E-state index contributed by atoms with van der Waals surface area (Å²) in [5.41, 5.74) is 8.30. The third-order valence-corrected chi connectivity index (χ3v) is 2.77. The molecular weight excluding hydrogens is 256 g/mol. The van der Waals surface area contributed by atoms with E-state index in [4.69, 9.17) is 10.8 Å². The summed E-state index contributed by atoms with van der Waals surface area (Å²) in [7, 11) is 0. The van der Waals surface area contributed by atoms with E-state index in [1.54, 1.807) is 5.38 Å². The molecule has 8 heteroatoms. The van der Waals surface area contributed by atoms with Gasteiger partial charge in [0.1, 0.15) is 11.6 Å². The summed E-state index contributed by atoms with van der Waals surface area (Å²) >= 11 is 1.28. The first-order valence-corrected chi connectivity index (χ1v) is 5.69. The van der Waals surface area contributed by atoms with Crippen molar-refractivity contribution >= 4 is 28.5 Å². The highest BCUT2D eigenvalue weighted by Crippen LogP contribution is 2.31. The van der Waals surface area contributed by atoms with Crippen LogP contribution in [0.5, 0.6) is 17.2 Å². The maximum Gasteiger partial charge on any atom is 0.205 e. The molecule has 1 aromatic heterocycles. The van der Waals surface area contributed by atoms with Gasteiger partial charge in [-0.1, -0.05) is 0 Å². The van der Waals surface area contributed by atoms with Crippen molar-refractivity contribution in [1.29, 1.82) is 0 Å². The standard InChI is InChI=1S/C10H10N4O3S/c11-9-4-18-10(13-9)14-12-3-5-1-7(16)8(17)2-6(5)15/h1-4,15-17H,11H2,(H,13,14). The second-order valence-corrected chi connectivity index (χ2v) is 4.21. The topological polar surface area (TPSA) is 124 Å². The normalized spacial score (nSPS) is 10.9. The Morgan fingerprint density at radius 3 is 2.61 bits per heavy atom. The molecule has 0 aliphatic heterocycles. The first-order chi connectivity index (χ1) is 8.56. The molecule has 7 nitrogen and oxygen atoms in total. The molecule has 0 spiro atoms. The van der Waals surface area contributed by atoms with E-state index in [-0.39, 0.29) is 17.1 Å². The van der Waals surface area contributed by atoms with Crippen LogP contribution in [0.3, 0.4) is 0 Å². The van der Waals surface area contributed by atoms with Crippen molar-refractivity contribution in [3.05, 3.63) is 23.1 Å². The summed E-state index contributed by atoms with van der Waals surface area (Å²) in [6.07, 6.45) is 1.28. The Balaban J connectivity index is 2.11. The Morgan fingerprint density at radius 1 is 1.22 bits per heavy atom. The number of hydrazone groups is 1. The molecule has 0 saturated heterocycles. The molecule has 0 radical (unpaired) electrons. The zero-order valence-electron chi connectivity index (χ0n) is 9.03. The van der Waals surface area contributed by atoms with Gasteiger partial charge in [0, 0.05) is 17.0 Å². The van der Waals surface area contributed by atoms with Gasteiger partial charge in [-0.3, -0.25) is 5.43 Å². The van der Waals surface area contributed by atoms with E-state index in [0.717, 1.165) is 6.07 Å². The number of thiazole rings is 1. The summed E-state index contributed by atoms with van der Waals surface area (Å²) in [5, 5.41) is 33.9. The van der Waals surface area contributed by atoms with Crippen molar-refractivity contribution in [2.75, 3.05) is 11.2 Å². The first kappa shape index (κ1) is 12.0. The molecule has 0 unspecified atom stereocenters. The third-order valence-electron chi connectivity index (χ3n) is 2.01. The minimum Gasteiger partial charge on any atom is -0.507 e. The molecule has 0 aliphatic rings. The third kappa shape index (κ3) is 2.61. The zero-order valence-corrected chi connectivity index (χ0v) is 9.85. The molecule has 0 amide bonds. The highest BCUT2D eigenvalue weighted by atomic mass is 32.1. The van der Waals surface area contributed by atoms with Crippen LogP contribution in [0.4, 0.5) is 10.9 Å². The van der Waals surface area contributed by atoms with Crippen molar-refractivity contribution in [3.8, 4) is 17.2 Å². The van der Waals surface area contributed by atoms with Crippen LogP contribution >= 0.6 is 11.3 Å². The number of nitrogens with two attached hydrogens (primary N) is 1. The van der Waals surface area contributed by atoms with Crippen molar-refractivity contribution in [2.24, 2.45) is 5.10 Å². The number of hydrogen-bond donors (Lipinski definition) is 5. The summed E-state index contributed by atoms with van der Waals surface area (Å²) in [4.78, 5) is 3.92. The molecule has 2 rings (SSSR count). The van der Waals surface area contributed by atoms with E-state index in [0.29, 0.717) is 10.9 Å². The number of aromatic nitrogens is 1. The van der Waals surface area contributed by atoms with E-state index in [2.05, 4.69) is 15.5 Å². The SMILES string of the molecule is Nc1csc(NN=Cc2cc(O)c(O)cc2O)n1. The molecular formula is C10H10N4O3S. The molecule has 0 aliphatic carbocycles. The van der Waals surface area contributed by atoms with Gasteiger partial charge >= 0.3 is 0 Å². The minimum absolute atomic E-state index is 0.200. The van der Waals surface area contributed by atoms with Crippen LogP contribution in [0.1, 0.15) is 5.56 Å². The molecule has 0 saturated carbocycles. The molecule has 1 heterocycles. The van der Waals surface area contributed by atoms with Crippen LogP contribution in [0.25, 0.3) is 0 Å². The number of benzene rings is 1. The lowest BCUT2D eigenvalue weighted by molar-refractivity contribution is 0.396. The van der Waals surface area contributed by atoms with Crippen LogP contribution in [0.2, 0.25) is 0 Å². The number of nitrogens with zero attached hydrogens (tertiary/aromatic N) is 2. The smallest absolute Gasteiger partial charge is 0.205 e. The van der Waals surface area contributed by atoms with Crippen molar-refractivity contribution < 1.29 is 15.3 Å². The van der Waals surface area contributed by atoms with Gasteiger partial charge in [0.15, 0.2) is 11.5 Å². The Morgan fingerprint density at radius 2 is 1.94 bits per heavy atom. The van der Waals surface area contributed by atoms with Crippen molar-refractivity contribution in [3.63, 3.8) is 0 Å². The summed E-state index contributed by atoms with van der Waals surface area (Å²) < 4.78 is 0. The molecule has 0 atom stereocenters. The van der Waals surface area contributed by atoms with Crippen LogP contribution in [0, 0.1) is 0 Å². The van der Waals surface area contributed by atoms with Gasteiger partial charge in [-0.2, -0.15) is 5.10 Å². The Kier molecular flexibility index (Phi) is 3.20. The number of hydrogen-bond acceptors (Lipinski definition) is 8. The summed E-state index contributed by atoms with van der Waals surface area (Å²) in [6.45, 7) is 0. The summed E-state index contributed by atoms with van der Waals surface area (Å²) in [5.74, 6) is -0.546. The van der Waals surface area contributed by atoms with Crippen LogP contribution in [-0.4, -0.2) is 26.5 Å². The predicted molar refractivity (Wildman–Crippen MR) is 69.2 cm³/mol. The highest BCUT2D eigenvalue weighted by molar-refractivity contribution is 7.14. The predicted octanol–water partition coefficient (Wildman–Crippen LogP) is 1.29. The lowest BCUT2D eigenvalue weighted by Crippen LogP contribution is -1.91. The zero-order chi connectivity index (χ0) is 13.1. The lowest BCUT2D eigenvalue weighted by atomic mass is 10.2. The van der Waals surface area contributed by atoms with E-state index in [9.17, 15) is 10.2 Å². The number of phenols is 3. The Labute approximate surface area is 106 Å². The van der Waals surface area contributed by atoms with E-state index < -0.39 is 5.75 Å². The van der Waals surface area contributed by atoms with Gasteiger partial charge in [-0.05, 0) is 6.07 Å². The summed E-state index contributed by atoms with van der Waals surface area (Å²) in [6, 6.07) is 2.21. The Hall–Kier alpha value is -2.48. The number of phenolic OH excluding ortho intramolecular Hbond substituents is 3. The molecule has 18 heavy (non-hydrogen) atoms. The number of nitrogen functional groups attached to an aromatic ring is 1. The van der Waals surface area contributed by atoms with Crippen molar-refractivity contribution in [1.82, 2.24) is 4.98 Å². The molecule has 0 fully saturated rings. The largest absolute Gasteiger partial charge is 0.507 e. The maximum absolute atomic E-state index is 9.49. The molecule has 6 N–H and O–H groups in total. The molecule has 1 aromatic carbocycles. The van der Waals surface area contributed by atoms with Gasteiger partial charge in [0.25, 0.3) is 0 Å². The number of anilines is 2. The first-order valence-electron chi connectivity index (χ1n) is 4.81. The van der Waals surface area contributed by atoms with Gasteiger partial charge in [-0.25, -0.2) is 4.98 Å². The van der Waals surface area contributed by atoms with Crippen LogP contribution in [0.15, 0.2) is 22.6 Å².